The summed E-state index contributed by atoms with van der Waals surface area (Å²) in [5, 5.41) is 13.3. The van der Waals surface area contributed by atoms with Gasteiger partial charge in [-0.25, -0.2) is 5.43 Å². The molecule has 0 aliphatic carbocycles. The maximum Gasteiger partial charge on any atom is 0.277 e. The summed E-state index contributed by atoms with van der Waals surface area (Å²) in [6, 6.07) is 11.8. The number of phenolic OH excluding ortho intramolecular Hbond substituents is 1. The van der Waals surface area contributed by atoms with E-state index in [1.54, 1.807) is 43.5 Å². The van der Waals surface area contributed by atoms with E-state index >= 15 is 0 Å². The molecule has 0 atom stereocenters. The fourth-order valence-electron chi connectivity index (χ4n) is 1.67. The Morgan fingerprint density at radius 1 is 1.35 bits per heavy atom. The Hall–Kier alpha value is -2.54. The number of benzene rings is 2. The number of hydrogen-bond acceptors (Lipinski definition) is 5. The van der Waals surface area contributed by atoms with E-state index in [1.165, 1.54) is 12.3 Å². The Morgan fingerprint density at radius 2 is 2.13 bits per heavy atom. The SMILES string of the molecule is COc1ccc(OCC(=O)N/N=C\c2ccccc2O)c(Br)c1. The molecule has 0 radical (unpaired) electrons. The number of nitrogens with zero attached hydrogens (tertiary/aromatic N) is 1. The minimum atomic E-state index is -0.417. The molecule has 6 nitrogen and oxygen atoms in total. The maximum atomic E-state index is 11.7. The third kappa shape index (κ3) is 5.00. The second-order valence-electron chi connectivity index (χ2n) is 4.44. The first-order chi connectivity index (χ1) is 11.1. The van der Waals surface area contributed by atoms with Crippen molar-refractivity contribution in [1.82, 2.24) is 5.43 Å². The zero-order chi connectivity index (χ0) is 16.7. The molecule has 0 bridgehead atoms. The van der Waals surface area contributed by atoms with Crippen molar-refractivity contribution in [3.63, 3.8) is 0 Å². The monoisotopic (exact) mass is 378 g/mol. The minimum Gasteiger partial charge on any atom is -0.507 e. The summed E-state index contributed by atoms with van der Waals surface area (Å²) in [4.78, 5) is 11.7. The van der Waals surface area contributed by atoms with E-state index in [1.807, 2.05) is 0 Å². The number of aromatic hydroxyl groups is 1. The van der Waals surface area contributed by atoms with Gasteiger partial charge in [0.25, 0.3) is 5.91 Å². The summed E-state index contributed by atoms with van der Waals surface area (Å²) in [7, 11) is 1.57. The highest BCUT2D eigenvalue weighted by Crippen LogP contribution is 2.28. The number of ether oxygens (including phenoxy) is 2. The van der Waals surface area contributed by atoms with Gasteiger partial charge in [-0.2, -0.15) is 5.10 Å². The summed E-state index contributed by atoms with van der Waals surface area (Å²) in [6.07, 6.45) is 1.36. The van der Waals surface area contributed by atoms with Gasteiger partial charge in [-0.15, -0.1) is 0 Å². The highest BCUT2D eigenvalue weighted by atomic mass is 79.9. The fourth-order valence-corrected chi connectivity index (χ4v) is 2.14. The van der Waals surface area contributed by atoms with Gasteiger partial charge in [0.2, 0.25) is 0 Å². The van der Waals surface area contributed by atoms with Crippen LogP contribution in [0.25, 0.3) is 0 Å². The van der Waals surface area contributed by atoms with Gasteiger partial charge in [0.15, 0.2) is 6.61 Å². The molecule has 120 valence electrons. The molecule has 0 saturated heterocycles. The molecule has 0 heterocycles. The molecule has 23 heavy (non-hydrogen) atoms. The molecule has 2 aromatic carbocycles. The smallest absolute Gasteiger partial charge is 0.277 e. The predicted molar refractivity (Wildman–Crippen MR) is 90.0 cm³/mol. The van der Waals surface area contributed by atoms with Crippen LogP contribution in [0, 0.1) is 0 Å². The van der Waals surface area contributed by atoms with Gasteiger partial charge in [0.1, 0.15) is 17.2 Å². The molecule has 0 aliphatic heterocycles. The number of nitrogens with one attached hydrogen (secondary N) is 1. The van der Waals surface area contributed by atoms with Crippen LogP contribution in [-0.4, -0.2) is 30.9 Å². The lowest BCUT2D eigenvalue weighted by molar-refractivity contribution is -0.123. The summed E-state index contributed by atoms with van der Waals surface area (Å²) < 4.78 is 11.1. The number of carbonyl (C=O) groups is 1. The maximum absolute atomic E-state index is 11.7. The standard InChI is InChI=1S/C16H15BrN2O4/c1-22-12-6-7-15(13(17)8-12)23-10-16(21)19-18-9-11-4-2-3-5-14(11)20/h2-9,20H,10H2,1H3,(H,19,21)/b18-9-. The Bertz CT molecular complexity index is 719. The van der Waals surface area contributed by atoms with Crippen molar-refractivity contribution in [3.05, 3.63) is 52.5 Å². The molecule has 1 amide bonds. The number of rotatable bonds is 6. The van der Waals surface area contributed by atoms with Gasteiger partial charge >= 0.3 is 0 Å². The van der Waals surface area contributed by atoms with Crippen molar-refractivity contribution >= 4 is 28.1 Å². The first kappa shape index (κ1) is 16.8. The van der Waals surface area contributed by atoms with Gasteiger partial charge in [-0.1, -0.05) is 12.1 Å². The highest BCUT2D eigenvalue weighted by molar-refractivity contribution is 9.10. The lowest BCUT2D eigenvalue weighted by Gasteiger charge is -2.08. The van der Waals surface area contributed by atoms with Crippen LogP contribution >= 0.6 is 15.9 Å². The lowest BCUT2D eigenvalue weighted by Crippen LogP contribution is -2.24. The van der Waals surface area contributed by atoms with Gasteiger partial charge in [-0.3, -0.25) is 4.79 Å². The first-order valence-corrected chi connectivity index (χ1v) is 7.45. The third-order valence-electron chi connectivity index (χ3n) is 2.83. The van der Waals surface area contributed by atoms with Crippen molar-refractivity contribution in [2.45, 2.75) is 0 Å². The molecule has 2 aromatic rings. The van der Waals surface area contributed by atoms with Crippen molar-refractivity contribution in [2.75, 3.05) is 13.7 Å². The molecular formula is C16H15BrN2O4. The summed E-state index contributed by atoms with van der Waals surface area (Å²) in [6.45, 7) is -0.191. The average molecular weight is 379 g/mol. The molecule has 0 unspecified atom stereocenters. The Kier molecular flexibility index (Phi) is 5.99. The van der Waals surface area contributed by atoms with E-state index in [-0.39, 0.29) is 12.4 Å². The molecule has 0 aromatic heterocycles. The quantitative estimate of drug-likeness (QED) is 0.598. The number of hydrazone groups is 1. The number of carbonyl (C=O) groups excluding carboxylic acids is 1. The van der Waals surface area contributed by atoms with E-state index in [2.05, 4.69) is 26.5 Å². The van der Waals surface area contributed by atoms with Crippen molar-refractivity contribution in [3.8, 4) is 17.2 Å². The summed E-state index contributed by atoms with van der Waals surface area (Å²) >= 11 is 3.34. The van der Waals surface area contributed by atoms with Crippen molar-refractivity contribution < 1.29 is 19.4 Å². The second kappa shape index (κ2) is 8.19. The topological polar surface area (TPSA) is 80.2 Å². The number of methoxy groups -OCH3 is 1. The molecule has 0 saturated carbocycles. The van der Waals surface area contributed by atoms with Gasteiger partial charge in [0.05, 0.1) is 17.8 Å². The molecule has 7 heteroatoms. The molecule has 0 fully saturated rings. The number of hydrogen-bond donors (Lipinski definition) is 2. The Balaban J connectivity index is 1.85. The zero-order valence-corrected chi connectivity index (χ0v) is 13.9. The lowest BCUT2D eigenvalue weighted by atomic mass is 10.2. The summed E-state index contributed by atoms with van der Waals surface area (Å²) in [5.74, 6) is 0.870. The van der Waals surface area contributed by atoms with Gasteiger partial charge in [-0.05, 0) is 46.3 Å². The zero-order valence-electron chi connectivity index (χ0n) is 12.3. The number of amides is 1. The van der Waals surface area contributed by atoms with Crippen molar-refractivity contribution in [1.29, 1.82) is 0 Å². The van der Waals surface area contributed by atoms with E-state index < -0.39 is 5.91 Å². The average Bonchev–Trinajstić information content (AvgIpc) is 2.55. The first-order valence-electron chi connectivity index (χ1n) is 6.66. The van der Waals surface area contributed by atoms with Crippen LogP contribution in [0.15, 0.2) is 52.0 Å². The molecular weight excluding hydrogens is 364 g/mol. The Morgan fingerprint density at radius 3 is 2.83 bits per heavy atom. The normalized spacial score (nSPS) is 10.5. The van der Waals surface area contributed by atoms with Crippen LogP contribution in [0.3, 0.4) is 0 Å². The molecule has 2 N–H and O–H groups in total. The predicted octanol–water partition coefficient (Wildman–Crippen LogP) is 2.69. The molecule has 0 aliphatic rings. The minimum absolute atomic E-state index is 0.0870. The highest BCUT2D eigenvalue weighted by Gasteiger charge is 2.06. The van der Waals surface area contributed by atoms with Crippen LogP contribution in [0.2, 0.25) is 0 Å². The Labute approximate surface area is 141 Å². The number of phenols is 1. The largest absolute Gasteiger partial charge is 0.507 e. The van der Waals surface area contributed by atoms with E-state index in [0.717, 1.165) is 0 Å². The second-order valence-corrected chi connectivity index (χ2v) is 5.29. The van der Waals surface area contributed by atoms with Crippen LogP contribution < -0.4 is 14.9 Å². The molecule has 0 spiro atoms. The van der Waals surface area contributed by atoms with Gasteiger partial charge in [0, 0.05) is 5.56 Å². The molecule has 2 rings (SSSR count). The van der Waals surface area contributed by atoms with Crippen LogP contribution in [0.4, 0.5) is 0 Å². The number of para-hydroxylation sites is 1. The van der Waals surface area contributed by atoms with Gasteiger partial charge < -0.3 is 14.6 Å². The van der Waals surface area contributed by atoms with E-state index in [9.17, 15) is 9.90 Å². The van der Waals surface area contributed by atoms with E-state index in [4.69, 9.17) is 9.47 Å². The fraction of sp³-hybridized carbons (Fsp3) is 0.125. The van der Waals surface area contributed by atoms with Crippen molar-refractivity contribution in [2.24, 2.45) is 5.10 Å². The third-order valence-corrected chi connectivity index (χ3v) is 3.45. The van der Waals surface area contributed by atoms with Crippen LogP contribution in [0.5, 0.6) is 17.2 Å². The number of halogens is 1. The van der Waals surface area contributed by atoms with Crippen LogP contribution in [-0.2, 0) is 4.79 Å². The van der Waals surface area contributed by atoms with E-state index in [0.29, 0.717) is 21.5 Å². The van der Waals surface area contributed by atoms with Crippen LogP contribution in [0.1, 0.15) is 5.56 Å². The summed E-state index contributed by atoms with van der Waals surface area (Å²) in [5.41, 5.74) is 2.83.